The van der Waals surface area contributed by atoms with Crippen LogP contribution in [0, 0.1) is 0 Å². The first-order chi connectivity index (χ1) is 5.24. The predicted molar refractivity (Wildman–Crippen MR) is 34.9 cm³/mol. The molecule has 0 saturated heterocycles. The monoisotopic (exact) mass is 159 g/mol. The Kier molecular flexibility index (Phi) is 2.43. The van der Waals surface area contributed by atoms with Gasteiger partial charge in [0.1, 0.15) is 5.69 Å². The normalized spacial score (nSPS) is 10.5. The molecule has 0 unspecified atom stereocenters. The topological polar surface area (TPSA) is 51.8 Å². The quantitative estimate of drug-likeness (QED) is 0.696. The third-order valence-corrected chi connectivity index (χ3v) is 1.17. The predicted octanol–water partition coefficient (Wildman–Crippen LogP) is 0.873. The van der Waals surface area contributed by atoms with E-state index < -0.39 is 6.43 Å². The summed E-state index contributed by atoms with van der Waals surface area (Å²) in [5.74, 6) is 0. The van der Waals surface area contributed by atoms with Crippen molar-refractivity contribution in [2.45, 2.75) is 13.0 Å². The van der Waals surface area contributed by atoms with Gasteiger partial charge in [0.05, 0.1) is 5.69 Å². The Morgan fingerprint density at radius 1 is 1.36 bits per heavy atom. The summed E-state index contributed by atoms with van der Waals surface area (Å²) >= 11 is 0. The van der Waals surface area contributed by atoms with E-state index in [1.165, 1.54) is 12.1 Å². The Labute approximate surface area is 62.2 Å². The van der Waals surface area contributed by atoms with Crippen molar-refractivity contribution < 1.29 is 8.78 Å². The highest BCUT2D eigenvalue weighted by atomic mass is 19.3. The van der Waals surface area contributed by atoms with Gasteiger partial charge in [-0.05, 0) is 12.1 Å². The van der Waals surface area contributed by atoms with Gasteiger partial charge < -0.3 is 5.73 Å². The van der Waals surface area contributed by atoms with Crippen LogP contribution in [0.5, 0.6) is 0 Å². The molecule has 0 saturated carbocycles. The second kappa shape index (κ2) is 3.34. The zero-order chi connectivity index (χ0) is 8.27. The summed E-state index contributed by atoms with van der Waals surface area (Å²) in [7, 11) is 0. The van der Waals surface area contributed by atoms with E-state index >= 15 is 0 Å². The number of hydrogen-bond donors (Lipinski definition) is 1. The Balaban J connectivity index is 2.83. The van der Waals surface area contributed by atoms with Crippen molar-refractivity contribution in [1.29, 1.82) is 0 Å². The lowest BCUT2D eigenvalue weighted by molar-refractivity contribution is 0.144. The van der Waals surface area contributed by atoms with Gasteiger partial charge in [0.2, 0.25) is 0 Å². The van der Waals surface area contributed by atoms with Crippen LogP contribution in [0.3, 0.4) is 0 Å². The minimum atomic E-state index is -2.56. The van der Waals surface area contributed by atoms with E-state index in [2.05, 4.69) is 10.2 Å². The number of alkyl halides is 2. The summed E-state index contributed by atoms with van der Waals surface area (Å²) in [6, 6.07) is 2.66. The first kappa shape index (κ1) is 8.00. The smallest absolute Gasteiger partial charge is 0.282 e. The van der Waals surface area contributed by atoms with Crippen molar-refractivity contribution in [3.63, 3.8) is 0 Å². The number of halogens is 2. The second-order valence-corrected chi connectivity index (χ2v) is 1.95. The molecule has 0 atom stereocenters. The van der Waals surface area contributed by atoms with E-state index in [0.717, 1.165) is 0 Å². The average molecular weight is 159 g/mol. The standard InChI is InChI=1S/C6H7F2N3/c7-6(8)5-2-1-4(3-9)10-11-5/h1-2,6H,3,9H2. The van der Waals surface area contributed by atoms with E-state index in [1.807, 2.05) is 0 Å². The molecule has 11 heavy (non-hydrogen) atoms. The van der Waals surface area contributed by atoms with E-state index in [1.54, 1.807) is 0 Å². The van der Waals surface area contributed by atoms with Gasteiger partial charge in [-0.25, -0.2) is 8.78 Å². The molecule has 0 aliphatic heterocycles. The summed E-state index contributed by atoms with van der Waals surface area (Å²) in [5, 5.41) is 6.73. The molecule has 1 rings (SSSR count). The molecule has 0 amide bonds. The molecule has 3 nitrogen and oxygen atoms in total. The summed E-state index contributed by atoms with van der Waals surface area (Å²) in [6.45, 7) is 0.219. The van der Waals surface area contributed by atoms with Crippen LogP contribution in [0.25, 0.3) is 0 Å². The van der Waals surface area contributed by atoms with E-state index in [-0.39, 0.29) is 12.2 Å². The van der Waals surface area contributed by atoms with Gasteiger partial charge in [0.25, 0.3) is 6.43 Å². The van der Waals surface area contributed by atoms with E-state index in [9.17, 15) is 8.78 Å². The Morgan fingerprint density at radius 2 is 2.09 bits per heavy atom. The fourth-order valence-electron chi connectivity index (χ4n) is 0.595. The summed E-state index contributed by atoms with van der Waals surface area (Å²) in [6.07, 6.45) is -2.56. The number of hydrogen-bond acceptors (Lipinski definition) is 3. The Bertz CT molecular complexity index is 222. The van der Waals surface area contributed by atoms with Crippen molar-refractivity contribution in [2.24, 2.45) is 5.73 Å². The van der Waals surface area contributed by atoms with Crippen molar-refractivity contribution in [3.8, 4) is 0 Å². The molecule has 0 bridgehead atoms. The Morgan fingerprint density at radius 3 is 2.45 bits per heavy atom. The SMILES string of the molecule is NCc1ccc(C(F)F)nn1. The molecule has 1 heterocycles. The minimum Gasteiger partial charge on any atom is -0.325 e. The molecule has 0 aliphatic rings. The van der Waals surface area contributed by atoms with Crippen LogP contribution >= 0.6 is 0 Å². The molecule has 1 aromatic heterocycles. The molecule has 0 aliphatic carbocycles. The van der Waals surface area contributed by atoms with Gasteiger partial charge in [0.15, 0.2) is 0 Å². The van der Waals surface area contributed by atoms with Crippen molar-refractivity contribution in [2.75, 3.05) is 0 Å². The van der Waals surface area contributed by atoms with Gasteiger partial charge in [-0.15, -0.1) is 5.10 Å². The molecule has 0 aromatic carbocycles. The van der Waals surface area contributed by atoms with Crippen LogP contribution in [0.2, 0.25) is 0 Å². The van der Waals surface area contributed by atoms with Gasteiger partial charge in [-0.1, -0.05) is 0 Å². The number of aromatic nitrogens is 2. The lowest BCUT2D eigenvalue weighted by Gasteiger charge is -1.97. The molecule has 0 fully saturated rings. The lowest BCUT2D eigenvalue weighted by Crippen LogP contribution is -2.02. The van der Waals surface area contributed by atoms with E-state index in [0.29, 0.717) is 5.69 Å². The van der Waals surface area contributed by atoms with Gasteiger partial charge in [-0.3, -0.25) is 0 Å². The highest BCUT2D eigenvalue weighted by Crippen LogP contribution is 2.14. The lowest BCUT2D eigenvalue weighted by atomic mass is 10.3. The third kappa shape index (κ3) is 1.91. The maximum absolute atomic E-state index is 11.9. The third-order valence-electron chi connectivity index (χ3n) is 1.17. The highest BCUT2D eigenvalue weighted by Gasteiger charge is 2.07. The minimum absolute atomic E-state index is 0.219. The summed E-state index contributed by atoms with van der Waals surface area (Å²) in [4.78, 5) is 0. The van der Waals surface area contributed by atoms with Crippen molar-refractivity contribution >= 4 is 0 Å². The molecule has 0 radical (unpaired) electrons. The van der Waals surface area contributed by atoms with Crippen LogP contribution in [0.15, 0.2) is 12.1 Å². The Hall–Kier alpha value is -1.10. The molecular weight excluding hydrogens is 152 g/mol. The number of nitrogens with zero attached hydrogens (tertiary/aromatic N) is 2. The van der Waals surface area contributed by atoms with Crippen molar-refractivity contribution in [1.82, 2.24) is 10.2 Å². The van der Waals surface area contributed by atoms with Gasteiger partial charge in [-0.2, -0.15) is 5.10 Å². The number of nitrogens with two attached hydrogens (primary N) is 1. The first-order valence-corrected chi connectivity index (χ1v) is 3.04. The second-order valence-electron chi connectivity index (χ2n) is 1.95. The zero-order valence-corrected chi connectivity index (χ0v) is 5.67. The maximum atomic E-state index is 11.9. The molecule has 5 heteroatoms. The fourth-order valence-corrected chi connectivity index (χ4v) is 0.595. The summed E-state index contributed by atoms with van der Waals surface area (Å²) in [5.41, 5.74) is 5.38. The van der Waals surface area contributed by atoms with Gasteiger partial charge in [0, 0.05) is 6.54 Å². The van der Waals surface area contributed by atoms with Crippen LogP contribution in [0.4, 0.5) is 8.78 Å². The highest BCUT2D eigenvalue weighted by molar-refractivity contribution is 5.07. The first-order valence-electron chi connectivity index (χ1n) is 3.04. The van der Waals surface area contributed by atoms with Gasteiger partial charge >= 0.3 is 0 Å². The van der Waals surface area contributed by atoms with E-state index in [4.69, 9.17) is 5.73 Å². The molecule has 1 aromatic rings. The van der Waals surface area contributed by atoms with Crippen LogP contribution in [-0.4, -0.2) is 10.2 Å². The molecule has 2 N–H and O–H groups in total. The maximum Gasteiger partial charge on any atom is 0.282 e. The number of rotatable bonds is 2. The van der Waals surface area contributed by atoms with Crippen LogP contribution < -0.4 is 5.73 Å². The van der Waals surface area contributed by atoms with Crippen LogP contribution in [0.1, 0.15) is 17.8 Å². The molecule has 60 valence electrons. The molecular formula is C6H7F2N3. The zero-order valence-electron chi connectivity index (χ0n) is 5.67. The largest absolute Gasteiger partial charge is 0.325 e. The van der Waals surface area contributed by atoms with Crippen LogP contribution in [-0.2, 0) is 6.54 Å². The fraction of sp³-hybridized carbons (Fsp3) is 0.333. The van der Waals surface area contributed by atoms with Crippen molar-refractivity contribution in [3.05, 3.63) is 23.5 Å². The average Bonchev–Trinajstić information content (AvgIpc) is 2.05. The molecule has 0 spiro atoms. The summed E-state index contributed by atoms with van der Waals surface area (Å²) < 4.78 is 23.7.